The third-order valence-electron chi connectivity index (χ3n) is 4.66. The van der Waals surface area contributed by atoms with Crippen molar-refractivity contribution in [3.8, 4) is 0 Å². The predicted octanol–water partition coefficient (Wildman–Crippen LogP) is 3.76. The zero-order valence-electron chi connectivity index (χ0n) is 13.2. The maximum absolute atomic E-state index is 12.7. The van der Waals surface area contributed by atoms with Crippen LogP contribution in [0.15, 0.2) is 42.5 Å². The molecule has 1 aliphatic carbocycles. The van der Waals surface area contributed by atoms with Gasteiger partial charge in [-0.3, -0.25) is 9.59 Å². The Bertz CT molecular complexity index is 714. The molecule has 0 aromatic heterocycles. The fraction of sp³-hybridized carbons (Fsp3) is 0.368. The first kappa shape index (κ1) is 15.5. The van der Waals surface area contributed by atoms with Gasteiger partial charge in [-0.05, 0) is 30.2 Å². The summed E-state index contributed by atoms with van der Waals surface area (Å²) in [4.78, 5) is 24.8. The van der Waals surface area contributed by atoms with E-state index in [-0.39, 0.29) is 11.8 Å². The van der Waals surface area contributed by atoms with Crippen LogP contribution in [0.4, 0.5) is 5.69 Å². The van der Waals surface area contributed by atoms with Crippen LogP contribution in [-0.4, -0.2) is 19.0 Å². The van der Waals surface area contributed by atoms with E-state index in [1.54, 1.807) is 0 Å². The average molecular weight is 311 g/mol. The van der Waals surface area contributed by atoms with E-state index in [1.807, 2.05) is 42.5 Å². The maximum atomic E-state index is 12.7. The highest BCUT2D eigenvalue weighted by atomic mass is 16.5. The minimum Gasteiger partial charge on any atom is -0.468 e. The van der Waals surface area contributed by atoms with Crippen LogP contribution in [0.1, 0.15) is 25.7 Å². The number of hydrogen-bond donors (Lipinski definition) is 1. The summed E-state index contributed by atoms with van der Waals surface area (Å²) in [5.41, 5.74) is 0.736. The van der Waals surface area contributed by atoms with Crippen LogP contribution >= 0.6 is 0 Å². The van der Waals surface area contributed by atoms with E-state index >= 15 is 0 Å². The smallest absolute Gasteiger partial charge is 0.318 e. The molecule has 4 nitrogen and oxygen atoms in total. The Morgan fingerprint density at radius 1 is 1.09 bits per heavy atom. The zero-order chi connectivity index (χ0) is 16.2. The molecule has 2 aromatic rings. The highest BCUT2D eigenvalue weighted by Gasteiger charge is 2.37. The Labute approximate surface area is 135 Å². The summed E-state index contributed by atoms with van der Waals surface area (Å²) in [6.45, 7) is 0. The van der Waals surface area contributed by atoms with Gasteiger partial charge in [0.25, 0.3) is 0 Å². The molecular formula is C19H21NO3. The van der Waals surface area contributed by atoms with Crippen molar-refractivity contribution in [1.82, 2.24) is 0 Å². The van der Waals surface area contributed by atoms with Crippen molar-refractivity contribution < 1.29 is 14.3 Å². The summed E-state index contributed by atoms with van der Waals surface area (Å²) in [6.07, 6.45) is 3.95. The van der Waals surface area contributed by atoms with Gasteiger partial charge in [0, 0.05) is 11.1 Å². The molecular weight excluding hydrogens is 290 g/mol. The molecule has 1 amide bonds. The third kappa shape index (κ3) is 3.21. The highest BCUT2D eigenvalue weighted by molar-refractivity contribution is 6.09. The van der Waals surface area contributed by atoms with Crippen molar-refractivity contribution in [1.29, 1.82) is 0 Å². The number of nitrogens with one attached hydrogen (secondary N) is 1. The van der Waals surface area contributed by atoms with Crippen molar-refractivity contribution in [2.75, 3.05) is 12.4 Å². The third-order valence-corrected chi connectivity index (χ3v) is 4.66. The van der Waals surface area contributed by atoms with Crippen LogP contribution in [0.25, 0.3) is 10.8 Å². The lowest BCUT2D eigenvalue weighted by atomic mass is 9.90. The van der Waals surface area contributed by atoms with Gasteiger partial charge in [0.05, 0.1) is 7.11 Å². The topological polar surface area (TPSA) is 55.4 Å². The molecule has 4 heteroatoms. The molecule has 0 unspecified atom stereocenters. The van der Waals surface area contributed by atoms with Crippen LogP contribution in [0, 0.1) is 11.8 Å². The first-order chi connectivity index (χ1) is 11.2. The van der Waals surface area contributed by atoms with Crippen LogP contribution in [0.2, 0.25) is 0 Å². The Morgan fingerprint density at radius 2 is 1.78 bits per heavy atom. The molecule has 3 rings (SSSR count). The van der Waals surface area contributed by atoms with Crippen molar-refractivity contribution in [3.63, 3.8) is 0 Å². The van der Waals surface area contributed by atoms with Gasteiger partial charge < -0.3 is 10.1 Å². The maximum Gasteiger partial charge on any atom is 0.318 e. The van der Waals surface area contributed by atoms with E-state index < -0.39 is 11.9 Å². The van der Waals surface area contributed by atoms with Crippen LogP contribution in [-0.2, 0) is 14.3 Å². The summed E-state index contributed by atoms with van der Waals surface area (Å²) >= 11 is 0. The number of rotatable bonds is 4. The molecule has 120 valence electrons. The summed E-state index contributed by atoms with van der Waals surface area (Å²) in [6, 6.07) is 13.6. The normalized spacial score (nSPS) is 16.2. The molecule has 1 aliphatic rings. The van der Waals surface area contributed by atoms with E-state index in [9.17, 15) is 9.59 Å². The number of esters is 1. The van der Waals surface area contributed by atoms with E-state index in [1.165, 1.54) is 7.11 Å². The predicted molar refractivity (Wildman–Crippen MR) is 90.0 cm³/mol. The fourth-order valence-electron chi connectivity index (χ4n) is 3.48. The highest BCUT2D eigenvalue weighted by Crippen LogP contribution is 2.33. The van der Waals surface area contributed by atoms with Gasteiger partial charge in [0.1, 0.15) is 5.92 Å². The number of fused-ring (bicyclic) bond motifs is 1. The Morgan fingerprint density at radius 3 is 2.52 bits per heavy atom. The number of carbonyl (C=O) groups is 2. The summed E-state index contributed by atoms with van der Waals surface area (Å²) in [7, 11) is 1.34. The van der Waals surface area contributed by atoms with Crippen LogP contribution in [0.3, 0.4) is 0 Å². The molecule has 1 N–H and O–H groups in total. The first-order valence-electron chi connectivity index (χ1n) is 8.07. The monoisotopic (exact) mass is 311 g/mol. The molecule has 1 atom stereocenters. The number of hydrogen-bond acceptors (Lipinski definition) is 3. The van der Waals surface area contributed by atoms with E-state index in [0.717, 1.165) is 42.1 Å². The second kappa shape index (κ2) is 6.82. The van der Waals surface area contributed by atoms with Gasteiger partial charge in [-0.2, -0.15) is 0 Å². The molecule has 1 saturated carbocycles. The number of ether oxygens (including phenoxy) is 1. The van der Waals surface area contributed by atoms with Crippen molar-refractivity contribution in [2.45, 2.75) is 25.7 Å². The van der Waals surface area contributed by atoms with Crippen molar-refractivity contribution >= 4 is 28.3 Å². The number of carbonyl (C=O) groups excluding carboxylic acids is 2. The fourth-order valence-corrected chi connectivity index (χ4v) is 3.48. The van der Waals surface area contributed by atoms with Gasteiger partial charge in [-0.25, -0.2) is 0 Å². The lowest BCUT2D eigenvalue weighted by Gasteiger charge is -2.20. The molecule has 0 bridgehead atoms. The van der Waals surface area contributed by atoms with Gasteiger partial charge in [0.2, 0.25) is 5.91 Å². The van der Waals surface area contributed by atoms with Crippen LogP contribution in [0.5, 0.6) is 0 Å². The first-order valence-corrected chi connectivity index (χ1v) is 8.07. The zero-order valence-corrected chi connectivity index (χ0v) is 13.2. The Kier molecular flexibility index (Phi) is 4.60. The molecule has 2 aromatic carbocycles. The van der Waals surface area contributed by atoms with Crippen molar-refractivity contribution in [3.05, 3.63) is 42.5 Å². The number of amides is 1. The second-order valence-corrected chi connectivity index (χ2v) is 6.06. The number of methoxy groups -OCH3 is 1. The Balaban J connectivity index is 1.87. The molecule has 23 heavy (non-hydrogen) atoms. The minimum absolute atomic E-state index is 0.0810. The lowest BCUT2D eigenvalue weighted by molar-refractivity contribution is -0.150. The average Bonchev–Trinajstić information content (AvgIpc) is 3.09. The SMILES string of the molecule is COC(=O)[C@@H](C(=O)Nc1cccc2ccccc12)C1CCCC1. The van der Waals surface area contributed by atoms with Crippen LogP contribution < -0.4 is 5.32 Å². The Hall–Kier alpha value is -2.36. The molecule has 0 aliphatic heterocycles. The van der Waals surface area contributed by atoms with Crippen molar-refractivity contribution in [2.24, 2.45) is 11.8 Å². The van der Waals surface area contributed by atoms with E-state index in [2.05, 4.69) is 5.32 Å². The molecule has 0 spiro atoms. The second-order valence-electron chi connectivity index (χ2n) is 6.06. The van der Waals surface area contributed by atoms with Gasteiger partial charge in [0.15, 0.2) is 0 Å². The van der Waals surface area contributed by atoms with E-state index in [0.29, 0.717) is 0 Å². The standard InChI is InChI=1S/C19H21NO3/c1-23-19(22)17(14-8-2-3-9-14)18(21)20-16-12-6-10-13-7-4-5-11-15(13)16/h4-7,10-12,14,17H,2-3,8-9H2,1H3,(H,20,21)/t17-/m1/s1. The van der Waals surface area contributed by atoms with Gasteiger partial charge >= 0.3 is 5.97 Å². The van der Waals surface area contributed by atoms with Gasteiger partial charge in [-0.15, -0.1) is 0 Å². The van der Waals surface area contributed by atoms with Gasteiger partial charge in [-0.1, -0.05) is 49.2 Å². The summed E-state index contributed by atoms with van der Waals surface area (Å²) < 4.78 is 4.87. The summed E-state index contributed by atoms with van der Waals surface area (Å²) in [5, 5.41) is 4.96. The largest absolute Gasteiger partial charge is 0.468 e. The summed E-state index contributed by atoms with van der Waals surface area (Å²) in [5.74, 6) is -1.34. The van der Waals surface area contributed by atoms with E-state index in [4.69, 9.17) is 4.74 Å². The molecule has 0 heterocycles. The number of anilines is 1. The number of benzene rings is 2. The quantitative estimate of drug-likeness (QED) is 0.691. The molecule has 0 radical (unpaired) electrons. The minimum atomic E-state index is -0.721. The molecule has 1 fully saturated rings. The molecule has 0 saturated heterocycles. The lowest BCUT2D eigenvalue weighted by Crippen LogP contribution is -2.35.